The average Bonchev–Trinajstić information content (AvgIpc) is 3.19. The van der Waals surface area contributed by atoms with Gasteiger partial charge in [-0.1, -0.05) is 35.9 Å². The molecule has 2 heterocycles. The Morgan fingerprint density at radius 1 is 1.12 bits per heavy atom. The maximum absolute atomic E-state index is 13.2. The van der Waals surface area contributed by atoms with Gasteiger partial charge in [-0.25, -0.2) is 4.98 Å². The van der Waals surface area contributed by atoms with Crippen molar-refractivity contribution in [2.24, 2.45) is 0 Å². The van der Waals surface area contributed by atoms with Gasteiger partial charge in [0.15, 0.2) is 0 Å². The number of morpholine rings is 1. The second kappa shape index (κ2) is 10.1. The van der Waals surface area contributed by atoms with Crippen LogP contribution in [-0.4, -0.2) is 49.1 Å². The third-order valence-electron chi connectivity index (χ3n) is 5.52. The predicted octanol–water partition coefficient (Wildman–Crippen LogP) is 4.45. The zero-order valence-corrected chi connectivity index (χ0v) is 19.7. The van der Waals surface area contributed by atoms with E-state index in [1.54, 1.807) is 4.90 Å². The van der Waals surface area contributed by atoms with E-state index in [1.165, 1.54) is 22.6 Å². The van der Waals surface area contributed by atoms with Crippen molar-refractivity contribution in [1.82, 2.24) is 9.88 Å². The van der Waals surface area contributed by atoms with Gasteiger partial charge in [0.05, 0.1) is 18.9 Å². The first-order chi connectivity index (χ1) is 15.5. The lowest BCUT2D eigenvalue weighted by molar-refractivity contribution is 0.0788. The Morgan fingerprint density at radius 2 is 1.84 bits per heavy atom. The van der Waals surface area contributed by atoms with Crippen LogP contribution in [0.1, 0.15) is 31.5 Å². The third-order valence-corrected chi connectivity index (χ3v) is 6.63. The van der Waals surface area contributed by atoms with Crippen molar-refractivity contribution in [3.05, 3.63) is 75.2 Å². The van der Waals surface area contributed by atoms with E-state index in [2.05, 4.69) is 22.0 Å². The van der Waals surface area contributed by atoms with Crippen molar-refractivity contribution < 1.29 is 14.3 Å². The average molecular weight is 452 g/mol. The third kappa shape index (κ3) is 5.29. The first-order valence-electron chi connectivity index (χ1n) is 10.8. The fourth-order valence-electron chi connectivity index (χ4n) is 3.75. The first-order valence-corrected chi connectivity index (χ1v) is 11.6. The van der Waals surface area contributed by atoms with Crippen LogP contribution < -0.4 is 9.64 Å². The first kappa shape index (κ1) is 22.3. The van der Waals surface area contributed by atoms with Gasteiger partial charge in [0, 0.05) is 32.4 Å². The summed E-state index contributed by atoms with van der Waals surface area (Å²) in [6.45, 7) is 8.02. The maximum atomic E-state index is 13.2. The largest absolute Gasteiger partial charge is 0.486 e. The van der Waals surface area contributed by atoms with Crippen molar-refractivity contribution >= 4 is 22.9 Å². The van der Waals surface area contributed by atoms with Gasteiger partial charge < -0.3 is 19.3 Å². The molecule has 1 saturated heterocycles. The Labute approximate surface area is 193 Å². The molecule has 1 fully saturated rings. The highest BCUT2D eigenvalue weighted by atomic mass is 32.1. The maximum Gasteiger partial charge on any atom is 0.265 e. The highest BCUT2D eigenvalue weighted by Crippen LogP contribution is 2.25. The van der Waals surface area contributed by atoms with E-state index in [9.17, 15) is 4.79 Å². The summed E-state index contributed by atoms with van der Waals surface area (Å²) in [5, 5.41) is 0.800. The quantitative estimate of drug-likeness (QED) is 0.531. The molecule has 32 heavy (non-hydrogen) atoms. The molecule has 3 aromatic rings. The van der Waals surface area contributed by atoms with Crippen molar-refractivity contribution in [2.45, 2.75) is 27.0 Å². The molecular formula is C25H29N3O3S. The molecular weight excluding hydrogens is 422 g/mol. The van der Waals surface area contributed by atoms with E-state index >= 15 is 0 Å². The molecule has 0 saturated carbocycles. The number of amides is 1. The molecule has 1 aliphatic rings. The normalized spacial score (nSPS) is 13.8. The Morgan fingerprint density at radius 3 is 2.59 bits per heavy atom. The number of rotatable bonds is 7. The highest BCUT2D eigenvalue weighted by Gasteiger charge is 2.21. The van der Waals surface area contributed by atoms with Crippen LogP contribution in [0.3, 0.4) is 0 Å². The number of ether oxygens (including phenoxy) is 2. The van der Waals surface area contributed by atoms with Crippen LogP contribution in [0.2, 0.25) is 0 Å². The molecule has 0 radical (unpaired) electrons. The molecule has 7 heteroatoms. The number of aryl methyl sites for hydroxylation is 2. The standard InChI is InChI=1S/C25H29N3O3S/c1-18-8-10-21(11-9-18)31-17-23-26-19(2)24(32-23)25(29)27(3)16-20-6-4-5-7-22(20)28-12-14-30-15-13-28/h4-11H,12-17H2,1-3H3. The molecule has 0 unspecified atom stereocenters. The minimum Gasteiger partial charge on any atom is -0.486 e. The number of carbonyl (C=O) groups is 1. The number of benzene rings is 2. The van der Waals surface area contributed by atoms with Gasteiger partial charge in [-0.15, -0.1) is 11.3 Å². The summed E-state index contributed by atoms with van der Waals surface area (Å²) in [7, 11) is 1.85. The number of hydrogen-bond acceptors (Lipinski definition) is 6. The summed E-state index contributed by atoms with van der Waals surface area (Å²) in [6, 6.07) is 16.2. The lowest BCUT2D eigenvalue weighted by Gasteiger charge is -2.31. The number of para-hydroxylation sites is 1. The molecule has 1 amide bonds. The van der Waals surface area contributed by atoms with E-state index < -0.39 is 0 Å². The lowest BCUT2D eigenvalue weighted by atomic mass is 10.1. The van der Waals surface area contributed by atoms with Crippen LogP contribution in [0.4, 0.5) is 5.69 Å². The molecule has 0 N–H and O–H groups in total. The van der Waals surface area contributed by atoms with Crippen molar-refractivity contribution in [3.8, 4) is 5.75 Å². The Balaban J connectivity index is 1.42. The molecule has 0 spiro atoms. The predicted molar refractivity (Wildman–Crippen MR) is 128 cm³/mol. The van der Waals surface area contributed by atoms with Crippen LogP contribution in [0.15, 0.2) is 48.5 Å². The molecule has 0 aliphatic carbocycles. The Bertz CT molecular complexity index is 1060. The summed E-state index contributed by atoms with van der Waals surface area (Å²) < 4.78 is 11.3. The second-order valence-electron chi connectivity index (χ2n) is 8.01. The van der Waals surface area contributed by atoms with Gasteiger partial charge >= 0.3 is 0 Å². The zero-order chi connectivity index (χ0) is 22.5. The second-order valence-corrected chi connectivity index (χ2v) is 9.10. The summed E-state index contributed by atoms with van der Waals surface area (Å²) in [6.07, 6.45) is 0. The summed E-state index contributed by atoms with van der Waals surface area (Å²) >= 11 is 1.41. The number of aromatic nitrogens is 1. The van der Waals surface area contributed by atoms with Gasteiger partial charge in [0.2, 0.25) is 0 Å². The molecule has 2 aromatic carbocycles. The number of thiazole rings is 1. The minimum absolute atomic E-state index is 0.0154. The molecule has 168 valence electrons. The van der Waals surface area contributed by atoms with Gasteiger partial charge in [-0.2, -0.15) is 0 Å². The fraction of sp³-hybridized carbons (Fsp3) is 0.360. The van der Waals surface area contributed by atoms with E-state index in [-0.39, 0.29) is 5.91 Å². The number of nitrogens with zero attached hydrogens (tertiary/aromatic N) is 3. The fourth-order valence-corrected chi connectivity index (χ4v) is 4.72. The highest BCUT2D eigenvalue weighted by molar-refractivity contribution is 7.13. The van der Waals surface area contributed by atoms with Crippen LogP contribution in [0.5, 0.6) is 5.75 Å². The number of carbonyl (C=O) groups excluding carboxylic acids is 1. The summed E-state index contributed by atoms with van der Waals surface area (Å²) in [5.74, 6) is 0.784. The molecule has 1 aromatic heterocycles. The molecule has 0 bridgehead atoms. The van der Waals surface area contributed by atoms with Crippen LogP contribution in [0, 0.1) is 13.8 Å². The Kier molecular flexibility index (Phi) is 7.07. The van der Waals surface area contributed by atoms with Crippen molar-refractivity contribution in [1.29, 1.82) is 0 Å². The van der Waals surface area contributed by atoms with Gasteiger partial charge in [-0.05, 0) is 37.6 Å². The minimum atomic E-state index is -0.0154. The SMILES string of the molecule is Cc1ccc(OCc2nc(C)c(C(=O)N(C)Cc3ccccc3N3CCOCC3)s2)cc1. The van der Waals surface area contributed by atoms with Crippen LogP contribution in [0.25, 0.3) is 0 Å². The van der Waals surface area contributed by atoms with E-state index in [4.69, 9.17) is 9.47 Å². The van der Waals surface area contributed by atoms with Crippen LogP contribution >= 0.6 is 11.3 Å². The molecule has 6 nitrogen and oxygen atoms in total. The van der Waals surface area contributed by atoms with Gasteiger partial charge in [0.25, 0.3) is 5.91 Å². The molecule has 0 atom stereocenters. The smallest absolute Gasteiger partial charge is 0.265 e. The molecule has 4 rings (SSSR count). The summed E-state index contributed by atoms with van der Waals surface area (Å²) in [5.41, 5.74) is 4.24. The van der Waals surface area contributed by atoms with Crippen molar-refractivity contribution in [3.63, 3.8) is 0 Å². The van der Waals surface area contributed by atoms with E-state index in [1.807, 2.05) is 57.3 Å². The van der Waals surface area contributed by atoms with E-state index in [0.29, 0.717) is 18.0 Å². The topological polar surface area (TPSA) is 54.9 Å². The van der Waals surface area contributed by atoms with Crippen molar-refractivity contribution in [2.75, 3.05) is 38.3 Å². The monoisotopic (exact) mass is 451 g/mol. The molecule has 1 aliphatic heterocycles. The lowest BCUT2D eigenvalue weighted by Crippen LogP contribution is -2.37. The zero-order valence-electron chi connectivity index (χ0n) is 18.8. The van der Waals surface area contributed by atoms with Crippen LogP contribution in [-0.2, 0) is 17.9 Å². The number of hydrogen-bond donors (Lipinski definition) is 0. The Hall–Kier alpha value is -2.90. The van der Waals surface area contributed by atoms with E-state index in [0.717, 1.165) is 48.3 Å². The van der Waals surface area contributed by atoms with Gasteiger partial charge in [-0.3, -0.25) is 4.79 Å². The van der Waals surface area contributed by atoms with Gasteiger partial charge in [0.1, 0.15) is 22.2 Å². The number of anilines is 1. The summed E-state index contributed by atoms with van der Waals surface area (Å²) in [4.78, 5) is 22.5.